The van der Waals surface area contributed by atoms with Crippen LogP contribution in [0.4, 0.5) is 10.7 Å². The van der Waals surface area contributed by atoms with E-state index in [4.69, 9.17) is 0 Å². The fourth-order valence-corrected chi connectivity index (χ4v) is 4.58. The van der Waals surface area contributed by atoms with Gasteiger partial charge in [-0.25, -0.2) is 0 Å². The summed E-state index contributed by atoms with van der Waals surface area (Å²) in [7, 11) is 0. The van der Waals surface area contributed by atoms with Gasteiger partial charge >= 0.3 is 0 Å². The van der Waals surface area contributed by atoms with Gasteiger partial charge in [0.25, 0.3) is 5.91 Å². The molecule has 4 rings (SSSR count). The summed E-state index contributed by atoms with van der Waals surface area (Å²) in [6.07, 6.45) is 0.397. The predicted octanol–water partition coefficient (Wildman–Crippen LogP) is 4.78. The predicted molar refractivity (Wildman–Crippen MR) is 105 cm³/mol. The molecule has 3 aromatic rings. The normalized spacial score (nSPS) is 15.9. The molecule has 130 valence electrons. The smallest absolute Gasteiger partial charge is 0.266 e. The lowest BCUT2D eigenvalue weighted by atomic mass is 9.85. The molecular formula is C21H18N2O2S. The quantitative estimate of drug-likeness (QED) is 0.704. The Hall–Kier alpha value is -2.92. The van der Waals surface area contributed by atoms with Gasteiger partial charge in [0.05, 0.1) is 9.88 Å². The second-order valence-electron chi connectivity index (χ2n) is 6.33. The van der Waals surface area contributed by atoms with Crippen molar-refractivity contribution in [3.05, 3.63) is 82.2 Å². The Morgan fingerprint density at radius 2 is 1.73 bits per heavy atom. The van der Waals surface area contributed by atoms with Gasteiger partial charge in [0, 0.05) is 18.0 Å². The van der Waals surface area contributed by atoms with Crippen molar-refractivity contribution in [2.24, 2.45) is 0 Å². The van der Waals surface area contributed by atoms with Gasteiger partial charge in [-0.05, 0) is 35.7 Å². The molecule has 2 aromatic carbocycles. The number of fused-ring (bicyclic) bond motifs is 1. The van der Waals surface area contributed by atoms with E-state index in [1.807, 2.05) is 67.6 Å². The number of amides is 2. The highest BCUT2D eigenvalue weighted by atomic mass is 32.1. The molecule has 26 heavy (non-hydrogen) atoms. The zero-order valence-corrected chi connectivity index (χ0v) is 15.1. The van der Waals surface area contributed by atoms with Crippen LogP contribution >= 0.6 is 11.3 Å². The van der Waals surface area contributed by atoms with Crippen LogP contribution in [0.25, 0.3) is 0 Å². The molecule has 1 aromatic heterocycles. The first-order valence-electron chi connectivity index (χ1n) is 8.48. The average molecular weight is 362 g/mol. The van der Waals surface area contributed by atoms with E-state index in [1.165, 1.54) is 11.3 Å². The SMILES string of the molecule is Cc1c(C(=O)Nc2ccccc2)sc2c1[C@H](c1ccccc1)CC(=O)N2. The van der Waals surface area contributed by atoms with E-state index in [-0.39, 0.29) is 17.7 Å². The molecule has 2 amide bonds. The summed E-state index contributed by atoms with van der Waals surface area (Å²) in [6.45, 7) is 1.96. The third-order valence-corrected chi connectivity index (χ3v) is 5.85. The number of carbonyl (C=O) groups is 2. The summed E-state index contributed by atoms with van der Waals surface area (Å²) in [5.74, 6) is -0.175. The van der Waals surface area contributed by atoms with E-state index in [1.54, 1.807) is 0 Å². The molecule has 2 heterocycles. The van der Waals surface area contributed by atoms with Gasteiger partial charge in [0.1, 0.15) is 0 Å². The van der Waals surface area contributed by atoms with Gasteiger partial charge in [0.2, 0.25) is 5.91 Å². The molecule has 1 aliphatic rings. The van der Waals surface area contributed by atoms with E-state index < -0.39 is 0 Å². The number of carbonyl (C=O) groups excluding carboxylic acids is 2. The van der Waals surface area contributed by atoms with Crippen molar-refractivity contribution in [3.8, 4) is 0 Å². The lowest BCUT2D eigenvalue weighted by Gasteiger charge is -2.24. The maximum Gasteiger partial charge on any atom is 0.266 e. The van der Waals surface area contributed by atoms with E-state index in [9.17, 15) is 9.59 Å². The minimum absolute atomic E-state index is 0.0115. The highest BCUT2D eigenvalue weighted by molar-refractivity contribution is 7.18. The molecule has 0 radical (unpaired) electrons. The number of benzene rings is 2. The molecule has 5 heteroatoms. The lowest BCUT2D eigenvalue weighted by Crippen LogP contribution is -2.22. The topological polar surface area (TPSA) is 58.2 Å². The third kappa shape index (κ3) is 3.02. The Morgan fingerprint density at radius 1 is 1.08 bits per heavy atom. The summed E-state index contributed by atoms with van der Waals surface area (Å²) in [5.41, 5.74) is 3.85. The molecule has 0 saturated heterocycles. The Kier molecular flexibility index (Phi) is 4.31. The monoisotopic (exact) mass is 362 g/mol. The van der Waals surface area contributed by atoms with Crippen molar-refractivity contribution in [1.82, 2.24) is 0 Å². The summed E-state index contributed by atoms with van der Waals surface area (Å²) >= 11 is 1.35. The third-order valence-electron chi connectivity index (χ3n) is 4.62. The zero-order chi connectivity index (χ0) is 18.1. The van der Waals surface area contributed by atoms with Crippen molar-refractivity contribution in [2.45, 2.75) is 19.3 Å². The van der Waals surface area contributed by atoms with Gasteiger partial charge in [-0.3, -0.25) is 9.59 Å². The first-order chi connectivity index (χ1) is 12.6. The van der Waals surface area contributed by atoms with Crippen LogP contribution in [-0.2, 0) is 4.79 Å². The largest absolute Gasteiger partial charge is 0.321 e. The van der Waals surface area contributed by atoms with Crippen LogP contribution in [-0.4, -0.2) is 11.8 Å². The van der Waals surface area contributed by atoms with Crippen LogP contribution in [0, 0.1) is 6.92 Å². The van der Waals surface area contributed by atoms with Gasteiger partial charge in [-0.15, -0.1) is 11.3 Å². The summed E-state index contributed by atoms with van der Waals surface area (Å²) in [4.78, 5) is 25.6. The van der Waals surface area contributed by atoms with Crippen LogP contribution in [0.15, 0.2) is 60.7 Å². The Labute approximate surface area is 155 Å². The first kappa shape index (κ1) is 16.5. The van der Waals surface area contributed by atoms with E-state index in [0.717, 1.165) is 27.4 Å². The van der Waals surface area contributed by atoms with Gasteiger partial charge in [-0.2, -0.15) is 0 Å². The number of nitrogens with one attached hydrogen (secondary N) is 2. The highest BCUT2D eigenvalue weighted by Gasteiger charge is 2.32. The molecule has 0 unspecified atom stereocenters. The second-order valence-corrected chi connectivity index (χ2v) is 7.36. The van der Waals surface area contributed by atoms with Crippen LogP contribution in [0.2, 0.25) is 0 Å². The van der Waals surface area contributed by atoms with E-state index >= 15 is 0 Å². The molecular weight excluding hydrogens is 344 g/mol. The van der Waals surface area contributed by atoms with Gasteiger partial charge in [-0.1, -0.05) is 48.5 Å². The fourth-order valence-electron chi connectivity index (χ4n) is 3.40. The van der Waals surface area contributed by atoms with Crippen LogP contribution in [0.3, 0.4) is 0 Å². The van der Waals surface area contributed by atoms with Crippen LogP contribution < -0.4 is 10.6 Å². The first-order valence-corrected chi connectivity index (χ1v) is 9.29. The standard InChI is InChI=1S/C21H18N2O2S/c1-13-18-16(14-8-4-2-5-9-14)12-17(24)23-21(18)26-19(13)20(25)22-15-10-6-3-7-11-15/h2-11,16H,12H2,1H3,(H,22,25)(H,23,24)/t16-/m0/s1. The number of hydrogen-bond acceptors (Lipinski definition) is 3. The second kappa shape index (κ2) is 6.77. The molecule has 4 nitrogen and oxygen atoms in total. The maximum absolute atomic E-state index is 12.8. The van der Waals surface area contributed by atoms with E-state index in [0.29, 0.717) is 11.3 Å². The molecule has 0 fully saturated rings. The minimum Gasteiger partial charge on any atom is -0.321 e. The minimum atomic E-state index is -0.144. The molecule has 0 bridgehead atoms. The number of rotatable bonds is 3. The number of hydrogen-bond donors (Lipinski definition) is 2. The summed E-state index contributed by atoms with van der Waals surface area (Å²) in [6, 6.07) is 19.4. The molecule has 1 aliphatic heterocycles. The average Bonchev–Trinajstić information content (AvgIpc) is 2.99. The van der Waals surface area contributed by atoms with Crippen molar-refractivity contribution in [3.63, 3.8) is 0 Å². The molecule has 0 saturated carbocycles. The molecule has 1 atom stereocenters. The summed E-state index contributed by atoms with van der Waals surface area (Å²) in [5, 5.41) is 6.66. The van der Waals surface area contributed by atoms with Gasteiger partial charge in [0.15, 0.2) is 0 Å². The van der Waals surface area contributed by atoms with Crippen molar-refractivity contribution >= 4 is 33.8 Å². The number of para-hydroxylation sites is 1. The van der Waals surface area contributed by atoms with Crippen molar-refractivity contribution in [2.75, 3.05) is 10.6 Å². The zero-order valence-electron chi connectivity index (χ0n) is 14.3. The number of thiophene rings is 1. The molecule has 2 N–H and O–H groups in total. The molecule has 0 spiro atoms. The lowest BCUT2D eigenvalue weighted by molar-refractivity contribution is -0.116. The number of anilines is 2. The Morgan fingerprint density at radius 3 is 2.42 bits per heavy atom. The van der Waals surface area contributed by atoms with Crippen LogP contribution in [0.1, 0.15) is 38.7 Å². The van der Waals surface area contributed by atoms with Crippen molar-refractivity contribution < 1.29 is 9.59 Å². The van der Waals surface area contributed by atoms with Crippen LogP contribution in [0.5, 0.6) is 0 Å². The van der Waals surface area contributed by atoms with E-state index in [2.05, 4.69) is 10.6 Å². The van der Waals surface area contributed by atoms with Crippen molar-refractivity contribution in [1.29, 1.82) is 0 Å². The Bertz CT molecular complexity index is 964. The Balaban J connectivity index is 1.72. The maximum atomic E-state index is 12.8. The molecule has 0 aliphatic carbocycles. The summed E-state index contributed by atoms with van der Waals surface area (Å²) < 4.78 is 0. The fraction of sp³-hybridized carbons (Fsp3) is 0.143. The highest BCUT2D eigenvalue weighted by Crippen LogP contribution is 2.45. The van der Waals surface area contributed by atoms with Gasteiger partial charge < -0.3 is 10.6 Å².